The Kier molecular flexibility index (Phi) is 3.12. The van der Waals surface area contributed by atoms with Crippen LogP contribution in [0, 0.1) is 0 Å². The van der Waals surface area contributed by atoms with E-state index in [1.54, 1.807) is 6.07 Å². The van der Waals surface area contributed by atoms with Gasteiger partial charge in [0.2, 0.25) is 0 Å². The van der Waals surface area contributed by atoms with Crippen LogP contribution in [0.25, 0.3) is 0 Å². The van der Waals surface area contributed by atoms with E-state index < -0.39 is 0 Å². The number of aldehydes is 1. The molecule has 88 valence electrons. The summed E-state index contributed by atoms with van der Waals surface area (Å²) >= 11 is 0. The summed E-state index contributed by atoms with van der Waals surface area (Å²) < 4.78 is 11.0. The van der Waals surface area contributed by atoms with Crippen molar-refractivity contribution in [2.24, 2.45) is 0 Å². The molecule has 1 aliphatic rings. The van der Waals surface area contributed by atoms with Crippen LogP contribution in [-0.2, 0) is 11.3 Å². The maximum atomic E-state index is 10.5. The molecule has 0 amide bonds. The van der Waals surface area contributed by atoms with Gasteiger partial charge in [-0.2, -0.15) is 0 Å². The molecular formula is C12H17NO3. The average Bonchev–Trinajstić information content (AvgIpc) is 2.64. The standard InChI is InChI=1S/C12H17NO3/c1-12(2)9-13(5-6-15-12)7-10-3-4-11(8-14)16-10/h3-4,8H,5-7,9H2,1-2H3. The molecule has 0 spiro atoms. The normalized spacial score (nSPS) is 20.9. The van der Waals surface area contributed by atoms with Crippen molar-refractivity contribution in [2.75, 3.05) is 19.7 Å². The number of hydrogen-bond acceptors (Lipinski definition) is 4. The summed E-state index contributed by atoms with van der Waals surface area (Å²) in [6.45, 7) is 7.43. The summed E-state index contributed by atoms with van der Waals surface area (Å²) in [4.78, 5) is 12.8. The number of carbonyl (C=O) groups is 1. The fourth-order valence-electron chi connectivity index (χ4n) is 2.01. The van der Waals surface area contributed by atoms with Crippen molar-refractivity contribution in [3.05, 3.63) is 23.7 Å². The van der Waals surface area contributed by atoms with Gasteiger partial charge in [-0.05, 0) is 26.0 Å². The molecule has 0 atom stereocenters. The van der Waals surface area contributed by atoms with E-state index in [1.807, 2.05) is 6.07 Å². The lowest BCUT2D eigenvalue weighted by Crippen LogP contribution is -2.47. The first-order valence-corrected chi connectivity index (χ1v) is 5.49. The average molecular weight is 223 g/mol. The maximum absolute atomic E-state index is 10.5. The Labute approximate surface area is 95.2 Å². The molecule has 1 aromatic heterocycles. The lowest BCUT2D eigenvalue weighted by atomic mass is 10.1. The molecule has 0 aromatic carbocycles. The second kappa shape index (κ2) is 4.39. The first-order valence-electron chi connectivity index (χ1n) is 5.49. The Hall–Kier alpha value is -1.13. The van der Waals surface area contributed by atoms with E-state index in [1.165, 1.54) is 0 Å². The Morgan fingerprint density at radius 3 is 2.94 bits per heavy atom. The molecule has 1 saturated heterocycles. The molecule has 1 aliphatic heterocycles. The highest BCUT2D eigenvalue weighted by Gasteiger charge is 2.27. The predicted octanol–water partition coefficient (Wildman–Crippen LogP) is 1.70. The van der Waals surface area contributed by atoms with Crippen LogP contribution in [-0.4, -0.2) is 36.5 Å². The summed E-state index contributed by atoms with van der Waals surface area (Å²) in [5.74, 6) is 1.22. The Morgan fingerprint density at radius 2 is 2.31 bits per heavy atom. The molecule has 1 aromatic rings. The quantitative estimate of drug-likeness (QED) is 0.731. The zero-order chi connectivity index (χ0) is 11.6. The third-order valence-corrected chi connectivity index (χ3v) is 2.68. The van der Waals surface area contributed by atoms with Gasteiger partial charge in [-0.25, -0.2) is 0 Å². The Balaban J connectivity index is 1.96. The number of morpholine rings is 1. The van der Waals surface area contributed by atoms with Crippen molar-refractivity contribution in [1.29, 1.82) is 0 Å². The van der Waals surface area contributed by atoms with Crippen LogP contribution < -0.4 is 0 Å². The van der Waals surface area contributed by atoms with E-state index >= 15 is 0 Å². The van der Waals surface area contributed by atoms with Crippen LogP contribution >= 0.6 is 0 Å². The van der Waals surface area contributed by atoms with Gasteiger partial charge in [0, 0.05) is 13.1 Å². The van der Waals surface area contributed by atoms with Gasteiger partial charge in [0.05, 0.1) is 18.8 Å². The van der Waals surface area contributed by atoms with Crippen LogP contribution in [0.2, 0.25) is 0 Å². The van der Waals surface area contributed by atoms with Gasteiger partial charge in [0.1, 0.15) is 5.76 Å². The van der Waals surface area contributed by atoms with Gasteiger partial charge >= 0.3 is 0 Å². The van der Waals surface area contributed by atoms with Gasteiger partial charge in [-0.1, -0.05) is 0 Å². The minimum atomic E-state index is -0.0989. The maximum Gasteiger partial charge on any atom is 0.185 e. The zero-order valence-corrected chi connectivity index (χ0v) is 9.73. The second-order valence-corrected chi connectivity index (χ2v) is 4.74. The van der Waals surface area contributed by atoms with Gasteiger partial charge in [0.25, 0.3) is 0 Å². The van der Waals surface area contributed by atoms with Gasteiger partial charge in [-0.3, -0.25) is 9.69 Å². The minimum absolute atomic E-state index is 0.0989. The van der Waals surface area contributed by atoms with E-state index in [0.29, 0.717) is 5.76 Å². The highest BCUT2D eigenvalue weighted by atomic mass is 16.5. The molecule has 0 radical (unpaired) electrons. The lowest BCUT2D eigenvalue weighted by Gasteiger charge is -2.37. The summed E-state index contributed by atoms with van der Waals surface area (Å²) in [7, 11) is 0. The molecule has 2 heterocycles. The summed E-state index contributed by atoms with van der Waals surface area (Å²) in [6, 6.07) is 3.56. The Morgan fingerprint density at radius 1 is 1.50 bits per heavy atom. The second-order valence-electron chi connectivity index (χ2n) is 4.74. The van der Waals surface area contributed by atoms with Crippen molar-refractivity contribution in [1.82, 2.24) is 4.90 Å². The molecule has 1 fully saturated rings. The smallest absolute Gasteiger partial charge is 0.185 e. The fraction of sp³-hybridized carbons (Fsp3) is 0.583. The molecule has 0 saturated carbocycles. The molecule has 2 rings (SSSR count). The number of nitrogens with zero attached hydrogens (tertiary/aromatic N) is 1. The van der Waals surface area contributed by atoms with E-state index in [2.05, 4.69) is 18.7 Å². The fourth-order valence-corrected chi connectivity index (χ4v) is 2.01. The van der Waals surface area contributed by atoms with Crippen LogP contribution in [0.4, 0.5) is 0 Å². The highest BCUT2D eigenvalue weighted by Crippen LogP contribution is 2.19. The highest BCUT2D eigenvalue weighted by molar-refractivity contribution is 5.70. The topological polar surface area (TPSA) is 42.7 Å². The van der Waals surface area contributed by atoms with Crippen molar-refractivity contribution in [2.45, 2.75) is 26.0 Å². The number of rotatable bonds is 3. The number of carbonyl (C=O) groups excluding carboxylic acids is 1. The molecule has 0 N–H and O–H groups in total. The predicted molar refractivity (Wildman–Crippen MR) is 59.4 cm³/mol. The van der Waals surface area contributed by atoms with Gasteiger partial charge in [0.15, 0.2) is 12.0 Å². The van der Waals surface area contributed by atoms with Crippen molar-refractivity contribution >= 4 is 6.29 Å². The molecule has 16 heavy (non-hydrogen) atoms. The largest absolute Gasteiger partial charge is 0.457 e. The molecular weight excluding hydrogens is 206 g/mol. The van der Waals surface area contributed by atoms with Gasteiger partial charge in [-0.15, -0.1) is 0 Å². The molecule has 0 bridgehead atoms. The first-order chi connectivity index (χ1) is 7.59. The SMILES string of the molecule is CC1(C)CN(Cc2ccc(C=O)o2)CCO1. The van der Waals surface area contributed by atoms with Crippen LogP contribution in [0.1, 0.15) is 30.2 Å². The van der Waals surface area contributed by atoms with Gasteiger partial charge < -0.3 is 9.15 Å². The van der Waals surface area contributed by atoms with E-state index in [4.69, 9.17) is 9.15 Å². The first kappa shape index (κ1) is 11.4. The summed E-state index contributed by atoms with van der Waals surface area (Å²) in [5.41, 5.74) is -0.0989. The van der Waals surface area contributed by atoms with Crippen LogP contribution in [0.3, 0.4) is 0 Å². The third kappa shape index (κ3) is 2.71. The van der Waals surface area contributed by atoms with Crippen LogP contribution in [0.5, 0.6) is 0 Å². The summed E-state index contributed by atoms with van der Waals surface area (Å²) in [5, 5.41) is 0. The molecule has 0 aliphatic carbocycles. The van der Waals surface area contributed by atoms with E-state index in [-0.39, 0.29) is 5.60 Å². The molecule has 4 heteroatoms. The molecule has 0 unspecified atom stereocenters. The molecule has 4 nitrogen and oxygen atoms in total. The van der Waals surface area contributed by atoms with E-state index in [9.17, 15) is 4.79 Å². The third-order valence-electron chi connectivity index (χ3n) is 2.68. The minimum Gasteiger partial charge on any atom is -0.457 e. The van der Waals surface area contributed by atoms with Crippen LogP contribution in [0.15, 0.2) is 16.5 Å². The summed E-state index contributed by atoms with van der Waals surface area (Å²) in [6.07, 6.45) is 0.729. The monoisotopic (exact) mass is 223 g/mol. The van der Waals surface area contributed by atoms with Crippen molar-refractivity contribution in [3.63, 3.8) is 0 Å². The van der Waals surface area contributed by atoms with Crippen molar-refractivity contribution in [3.8, 4) is 0 Å². The number of ether oxygens (including phenoxy) is 1. The van der Waals surface area contributed by atoms with Crippen molar-refractivity contribution < 1.29 is 13.9 Å². The Bertz CT molecular complexity index is 370. The zero-order valence-electron chi connectivity index (χ0n) is 9.73. The number of hydrogen-bond donors (Lipinski definition) is 0. The number of furan rings is 1. The lowest BCUT2D eigenvalue weighted by molar-refractivity contribution is -0.0894. The van der Waals surface area contributed by atoms with E-state index in [0.717, 1.165) is 38.3 Å².